The fourth-order valence-corrected chi connectivity index (χ4v) is 1.60. The summed E-state index contributed by atoms with van der Waals surface area (Å²) >= 11 is 1.06. The van der Waals surface area contributed by atoms with Crippen LogP contribution in [0.15, 0.2) is 0 Å². The number of carbonyl (C=O) groups is 2. The fourth-order valence-electron chi connectivity index (χ4n) is 0.740. The van der Waals surface area contributed by atoms with Crippen LogP contribution in [0, 0.1) is 0 Å². The van der Waals surface area contributed by atoms with Crippen LogP contribution in [0.3, 0.4) is 0 Å². The maximum Gasteiger partial charge on any atom is 0.304 e. The first kappa shape index (κ1) is 7.40. The van der Waals surface area contributed by atoms with Crippen molar-refractivity contribution in [2.75, 3.05) is 6.54 Å². The molecule has 1 atom stereocenters. The predicted molar refractivity (Wildman–Crippen MR) is 37.0 cm³/mol. The van der Waals surface area contributed by atoms with Gasteiger partial charge >= 0.3 is 5.97 Å². The van der Waals surface area contributed by atoms with Gasteiger partial charge in [0.2, 0.25) is 0 Å². The summed E-state index contributed by atoms with van der Waals surface area (Å²) in [6.45, 7) is 0.482. The normalized spacial score (nSPS) is 24.4. The average molecular weight is 161 g/mol. The van der Waals surface area contributed by atoms with Gasteiger partial charge in [-0.1, -0.05) is 11.8 Å². The largest absolute Gasteiger partial charge is 0.481 e. The molecule has 1 rings (SSSR count). The third kappa shape index (κ3) is 1.91. The molecule has 5 heteroatoms. The third-order valence-electron chi connectivity index (χ3n) is 1.15. The quantitative estimate of drug-likeness (QED) is 0.610. The molecule has 1 aliphatic heterocycles. The molecule has 1 saturated heterocycles. The Morgan fingerprint density at radius 3 is 3.00 bits per heavy atom. The van der Waals surface area contributed by atoms with Crippen LogP contribution in [0.4, 0.5) is 4.79 Å². The van der Waals surface area contributed by atoms with Crippen molar-refractivity contribution in [1.82, 2.24) is 5.32 Å². The number of carboxylic acids is 1. The van der Waals surface area contributed by atoms with E-state index in [4.69, 9.17) is 5.11 Å². The molecule has 0 aromatic carbocycles. The van der Waals surface area contributed by atoms with Gasteiger partial charge in [0.15, 0.2) is 0 Å². The summed E-state index contributed by atoms with van der Waals surface area (Å²) in [6.07, 6.45) is 0.0589. The highest BCUT2D eigenvalue weighted by Crippen LogP contribution is 2.19. The molecule has 0 radical (unpaired) electrons. The minimum Gasteiger partial charge on any atom is -0.481 e. The van der Waals surface area contributed by atoms with Gasteiger partial charge in [0.05, 0.1) is 6.42 Å². The minimum absolute atomic E-state index is 0.0589. The number of rotatable bonds is 2. The predicted octanol–water partition coefficient (Wildman–Crippen LogP) is 0.286. The lowest BCUT2D eigenvalue weighted by molar-refractivity contribution is -0.136. The van der Waals surface area contributed by atoms with Gasteiger partial charge in [-0.3, -0.25) is 9.59 Å². The Bertz CT molecular complexity index is 170. The van der Waals surface area contributed by atoms with Crippen LogP contribution in [0.1, 0.15) is 6.42 Å². The van der Waals surface area contributed by atoms with Gasteiger partial charge in [0.25, 0.3) is 5.24 Å². The van der Waals surface area contributed by atoms with Crippen molar-refractivity contribution in [2.24, 2.45) is 0 Å². The van der Waals surface area contributed by atoms with E-state index in [9.17, 15) is 9.59 Å². The van der Waals surface area contributed by atoms with Crippen LogP contribution in [-0.4, -0.2) is 28.1 Å². The number of nitrogens with one attached hydrogen (secondary N) is 1. The standard InChI is InChI=1S/C5H7NO3S/c7-4(8)1-3-2-6-5(9)10-3/h3H,1-2H2,(H,6,9)(H,7,8). The second-order valence-electron chi connectivity index (χ2n) is 2.01. The third-order valence-corrected chi connectivity index (χ3v) is 2.18. The van der Waals surface area contributed by atoms with Crippen molar-refractivity contribution in [1.29, 1.82) is 0 Å². The van der Waals surface area contributed by atoms with Crippen LogP contribution in [0.5, 0.6) is 0 Å². The molecule has 1 heterocycles. The van der Waals surface area contributed by atoms with Crippen molar-refractivity contribution in [3.8, 4) is 0 Å². The molecule has 4 nitrogen and oxygen atoms in total. The maximum atomic E-state index is 10.5. The lowest BCUT2D eigenvalue weighted by Gasteiger charge is -1.98. The molecule has 1 aliphatic rings. The Hall–Kier alpha value is -0.710. The minimum atomic E-state index is -0.853. The molecule has 0 aliphatic carbocycles. The van der Waals surface area contributed by atoms with Crippen LogP contribution >= 0.6 is 11.8 Å². The first-order valence-electron chi connectivity index (χ1n) is 2.85. The average Bonchev–Trinajstić information content (AvgIpc) is 2.13. The summed E-state index contributed by atoms with van der Waals surface area (Å²) in [5.41, 5.74) is 0. The molecule has 0 bridgehead atoms. The van der Waals surface area contributed by atoms with Gasteiger partial charge in [0, 0.05) is 11.8 Å². The van der Waals surface area contributed by atoms with Crippen molar-refractivity contribution in [3.05, 3.63) is 0 Å². The monoisotopic (exact) mass is 161 g/mol. The molecule has 56 valence electrons. The molecular weight excluding hydrogens is 154 g/mol. The molecule has 0 spiro atoms. The summed E-state index contributed by atoms with van der Waals surface area (Å²) in [4.78, 5) is 20.6. The summed E-state index contributed by atoms with van der Waals surface area (Å²) in [5, 5.41) is 10.6. The topological polar surface area (TPSA) is 66.4 Å². The van der Waals surface area contributed by atoms with Gasteiger partial charge in [-0.2, -0.15) is 0 Å². The molecule has 1 fully saturated rings. The second kappa shape index (κ2) is 2.92. The van der Waals surface area contributed by atoms with Crippen molar-refractivity contribution < 1.29 is 14.7 Å². The van der Waals surface area contributed by atoms with Gasteiger partial charge in [-0.05, 0) is 0 Å². The lowest BCUT2D eigenvalue weighted by Crippen LogP contribution is -2.17. The Kier molecular flexibility index (Phi) is 2.16. The first-order valence-corrected chi connectivity index (χ1v) is 3.72. The Morgan fingerprint density at radius 2 is 2.60 bits per heavy atom. The molecule has 1 unspecified atom stereocenters. The Labute approximate surface area is 62.0 Å². The zero-order valence-electron chi connectivity index (χ0n) is 5.16. The van der Waals surface area contributed by atoms with Gasteiger partial charge < -0.3 is 10.4 Å². The highest BCUT2D eigenvalue weighted by Gasteiger charge is 2.24. The van der Waals surface area contributed by atoms with E-state index in [0.717, 1.165) is 11.8 Å². The van der Waals surface area contributed by atoms with Gasteiger partial charge in [-0.25, -0.2) is 0 Å². The first-order chi connectivity index (χ1) is 4.68. The van der Waals surface area contributed by atoms with E-state index in [1.165, 1.54) is 0 Å². The molecule has 2 N–H and O–H groups in total. The smallest absolute Gasteiger partial charge is 0.304 e. The summed E-state index contributed by atoms with van der Waals surface area (Å²) in [6, 6.07) is 0. The van der Waals surface area contributed by atoms with E-state index in [1.807, 2.05) is 0 Å². The summed E-state index contributed by atoms with van der Waals surface area (Å²) in [5.74, 6) is -0.853. The Balaban J connectivity index is 2.31. The number of carboxylic acid groups (broad SMARTS) is 1. The van der Waals surface area contributed by atoms with Crippen molar-refractivity contribution >= 4 is 23.0 Å². The van der Waals surface area contributed by atoms with Crippen LogP contribution < -0.4 is 5.32 Å². The number of hydrogen-bond donors (Lipinski definition) is 2. The maximum absolute atomic E-state index is 10.5. The molecule has 0 aromatic rings. The molecule has 0 aromatic heterocycles. The zero-order chi connectivity index (χ0) is 7.56. The van der Waals surface area contributed by atoms with Crippen LogP contribution in [0.2, 0.25) is 0 Å². The van der Waals surface area contributed by atoms with Crippen LogP contribution in [-0.2, 0) is 4.79 Å². The molecular formula is C5H7NO3S. The molecule has 1 amide bonds. The van der Waals surface area contributed by atoms with Gasteiger partial charge in [-0.15, -0.1) is 0 Å². The summed E-state index contributed by atoms with van der Waals surface area (Å²) in [7, 11) is 0. The number of amides is 1. The van der Waals surface area contributed by atoms with Crippen molar-refractivity contribution in [2.45, 2.75) is 11.7 Å². The number of hydrogen-bond acceptors (Lipinski definition) is 3. The van der Waals surface area contributed by atoms with E-state index in [0.29, 0.717) is 6.54 Å². The van der Waals surface area contributed by atoms with E-state index in [1.54, 1.807) is 0 Å². The number of carbonyl (C=O) groups excluding carboxylic acids is 1. The lowest BCUT2D eigenvalue weighted by atomic mass is 10.3. The molecule has 10 heavy (non-hydrogen) atoms. The highest BCUT2D eigenvalue weighted by atomic mass is 32.2. The summed E-state index contributed by atoms with van der Waals surface area (Å²) < 4.78 is 0. The highest BCUT2D eigenvalue weighted by molar-refractivity contribution is 8.14. The fraction of sp³-hybridized carbons (Fsp3) is 0.600. The van der Waals surface area contributed by atoms with E-state index in [-0.39, 0.29) is 16.9 Å². The van der Waals surface area contributed by atoms with E-state index in [2.05, 4.69) is 5.32 Å². The van der Waals surface area contributed by atoms with Crippen molar-refractivity contribution in [3.63, 3.8) is 0 Å². The Morgan fingerprint density at radius 1 is 1.90 bits per heavy atom. The number of aliphatic carboxylic acids is 1. The number of thioether (sulfide) groups is 1. The van der Waals surface area contributed by atoms with Gasteiger partial charge in [0.1, 0.15) is 0 Å². The van der Waals surface area contributed by atoms with E-state index >= 15 is 0 Å². The molecule has 0 saturated carbocycles. The van der Waals surface area contributed by atoms with Crippen LogP contribution in [0.25, 0.3) is 0 Å². The van der Waals surface area contributed by atoms with E-state index < -0.39 is 5.97 Å². The second-order valence-corrected chi connectivity index (χ2v) is 3.28. The zero-order valence-corrected chi connectivity index (χ0v) is 5.98. The SMILES string of the molecule is O=C(O)CC1CNC(=O)S1.